The zero-order valence-corrected chi connectivity index (χ0v) is 19.0. The molecule has 2 N–H and O–H groups in total. The normalized spacial score (nSPS) is 10.6. The number of fused-ring (bicyclic) bond motifs is 1. The highest BCUT2D eigenvalue weighted by Crippen LogP contribution is 2.35. The topological polar surface area (TPSA) is 85.4 Å². The van der Waals surface area contributed by atoms with Crippen LogP contribution < -0.4 is 20.1 Å². The van der Waals surface area contributed by atoms with Crippen LogP contribution in [0.15, 0.2) is 66.7 Å². The van der Waals surface area contributed by atoms with Gasteiger partial charge in [0.2, 0.25) is 5.28 Å². The van der Waals surface area contributed by atoms with Crippen molar-refractivity contribution in [2.24, 2.45) is 0 Å². The summed E-state index contributed by atoms with van der Waals surface area (Å²) in [4.78, 5) is 21.3. The quantitative estimate of drug-likeness (QED) is 0.358. The minimum Gasteiger partial charge on any atom is -0.493 e. The summed E-state index contributed by atoms with van der Waals surface area (Å²) in [5.41, 5.74) is 3.01. The smallest absolute Gasteiger partial charge is 0.251 e. The maximum absolute atomic E-state index is 12.6. The third-order valence-electron chi connectivity index (χ3n) is 5.10. The predicted octanol–water partition coefficient (Wildman–Crippen LogP) is 5.02. The van der Waals surface area contributed by atoms with Crippen LogP contribution in [0, 0.1) is 0 Å². The average molecular weight is 463 g/mol. The number of halogens is 1. The molecule has 0 aliphatic carbocycles. The van der Waals surface area contributed by atoms with Gasteiger partial charge >= 0.3 is 0 Å². The van der Waals surface area contributed by atoms with Gasteiger partial charge in [-0.2, -0.15) is 4.98 Å². The third kappa shape index (κ3) is 5.32. The van der Waals surface area contributed by atoms with Gasteiger partial charge in [-0.3, -0.25) is 4.79 Å². The number of amides is 1. The van der Waals surface area contributed by atoms with Crippen LogP contribution in [0.5, 0.6) is 11.5 Å². The molecule has 0 atom stereocenters. The van der Waals surface area contributed by atoms with Crippen molar-refractivity contribution in [1.29, 1.82) is 0 Å². The second-order valence-corrected chi connectivity index (χ2v) is 7.60. The van der Waals surface area contributed by atoms with E-state index >= 15 is 0 Å². The van der Waals surface area contributed by atoms with Gasteiger partial charge in [-0.05, 0) is 47.9 Å². The van der Waals surface area contributed by atoms with Crippen LogP contribution in [-0.2, 0) is 6.42 Å². The SMILES string of the molecule is COc1cc2nc(Cl)nc(Nc3cccc(C(=O)NCCc4ccccc4)c3)c2cc1OC. The maximum atomic E-state index is 12.6. The number of hydrogen-bond acceptors (Lipinski definition) is 6. The number of carbonyl (C=O) groups excluding carboxylic acids is 1. The van der Waals surface area contributed by atoms with E-state index in [2.05, 4.69) is 20.6 Å². The van der Waals surface area contributed by atoms with Crippen LogP contribution in [0.4, 0.5) is 11.5 Å². The highest BCUT2D eigenvalue weighted by Gasteiger charge is 2.14. The molecule has 1 aromatic heterocycles. The molecule has 168 valence electrons. The molecule has 1 heterocycles. The van der Waals surface area contributed by atoms with Crippen LogP contribution in [0.1, 0.15) is 15.9 Å². The van der Waals surface area contributed by atoms with Gasteiger partial charge in [-0.1, -0.05) is 36.4 Å². The van der Waals surface area contributed by atoms with Gasteiger partial charge in [0.1, 0.15) is 5.82 Å². The molecule has 0 saturated heterocycles. The molecule has 33 heavy (non-hydrogen) atoms. The van der Waals surface area contributed by atoms with Crippen molar-refractivity contribution >= 4 is 39.9 Å². The Kier molecular flexibility index (Phi) is 6.90. The Morgan fingerprint density at radius 3 is 2.45 bits per heavy atom. The molecule has 0 unspecified atom stereocenters. The fourth-order valence-corrected chi connectivity index (χ4v) is 3.64. The number of aromatic nitrogens is 2. The van der Waals surface area contributed by atoms with E-state index in [4.69, 9.17) is 21.1 Å². The Morgan fingerprint density at radius 2 is 1.70 bits per heavy atom. The number of carbonyl (C=O) groups is 1. The predicted molar refractivity (Wildman–Crippen MR) is 130 cm³/mol. The highest BCUT2D eigenvalue weighted by atomic mass is 35.5. The van der Waals surface area contributed by atoms with E-state index in [9.17, 15) is 4.79 Å². The largest absolute Gasteiger partial charge is 0.493 e. The van der Waals surface area contributed by atoms with E-state index in [0.717, 1.165) is 6.42 Å². The summed E-state index contributed by atoms with van der Waals surface area (Å²) in [5, 5.41) is 7.00. The van der Waals surface area contributed by atoms with Crippen molar-refractivity contribution in [1.82, 2.24) is 15.3 Å². The molecular formula is C25H23ClN4O3. The molecule has 4 aromatic rings. The zero-order chi connectivity index (χ0) is 23.2. The van der Waals surface area contributed by atoms with Crippen molar-refractivity contribution in [2.75, 3.05) is 26.1 Å². The molecule has 8 heteroatoms. The summed E-state index contributed by atoms with van der Waals surface area (Å²) in [7, 11) is 3.12. The summed E-state index contributed by atoms with van der Waals surface area (Å²) in [6, 6.07) is 20.7. The van der Waals surface area contributed by atoms with Gasteiger partial charge in [0.05, 0.1) is 19.7 Å². The molecule has 0 aliphatic heterocycles. The number of methoxy groups -OCH3 is 2. The van der Waals surface area contributed by atoms with Crippen molar-refractivity contribution < 1.29 is 14.3 Å². The van der Waals surface area contributed by atoms with Crippen molar-refractivity contribution in [3.63, 3.8) is 0 Å². The molecule has 0 bridgehead atoms. The fraction of sp³-hybridized carbons (Fsp3) is 0.160. The Balaban J connectivity index is 1.53. The molecule has 0 aliphatic rings. The van der Waals surface area contributed by atoms with E-state index in [0.29, 0.717) is 46.0 Å². The standard InChI is InChI=1S/C25H23ClN4O3/c1-32-21-14-19-20(15-22(21)33-2)29-25(26)30-23(19)28-18-10-6-9-17(13-18)24(31)27-12-11-16-7-4-3-5-8-16/h3-10,13-15H,11-12H2,1-2H3,(H,27,31)(H,28,29,30). The van der Waals surface area contributed by atoms with Crippen LogP contribution in [0.3, 0.4) is 0 Å². The average Bonchev–Trinajstić information content (AvgIpc) is 2.84. The molecule has 4 rings (SSSR count). The molecule has 0 fully saturated rings. The van der Waals surface area contributed by atoms with E-state index < -0.39 is 0 Å². The molecule has 0 spiro atoms. The second-order valence-electron chi connectivity index (χ2n) is 7.26. The van der Waals surface area contributed by atoms with Gasteiger partial charge in [0, 0.05) is 29.2 Å². The minimum atomic E-state index is -0.147. The van der Waals surface area contributed by atoms with Crippen LogP contribution >= 0.6 is 11.6 Å². The lowest BCUT2D eigenvalue weighted by molar-refractivity contribution is 0.0954. The minimum absolute atomic E-state index is 0.0898. The van der Waals surface area contributed by atoms with Crippen LogP contribution in [-0.4, -0.2) is 36.6 Å². The maximum Gasteiger partial charge on any atom is 0.251 e. The van der Waals surface area contributed by atoms with E-state index in [1.165, 1.54) is 5.56 Å². The number of ether oxygens (including phenoxy) is 2. The number of nitrogens with one attached hydrogen (secondary N) is 2. The summed E-state index contributed by atoms with van der Waals surface area (Å²) >= 11 is 6.15. The van der Waals surface area contributed by atoms with Gasteiger partial charge in [-0.15, -0.1) is 0 Å². The zero-order valence-electron chi connectivity index (χ0n) is 18.3. The number of anilines is 2. The van der Waals surface area contributed by atoms with Crippen molar-refractivity contribution in [3.05, 3.63) is 83.1 Å². The Morgan fingerprint density at radius 1 is 0.939 bits per heavy atom. The van der Waals surface area contributed by atoms with Crippen LogP contribution in [0.25, 0.3) is 10.9 Å². The van der Waals surface area contributed by atoms with Crippen molar-refractivity contribution in [2.45, 2.75) is 6.42 Å². The Labute approximate surface area is 196 Å². The van der Waals surface area contributed by atoms with E-state index in [1.54, 1.807) is 38.5 Å². The molecule has 7 nitrogen and oxygen atoms in total. The fourth-order valence-electron chi connectivity index (χ4n) is 3.46. The third-order valence-corrected chi connectivity index (χ3v) is 5.27. The number of hydrogen-bond donors (Lipinski definition) is 2. The van der Waals surface area contributed by atoms with Gasteiger partial charge in [-0.25, -0.2) is 4.98 Å². The van der Waals surface area contributed by atoms with E-state index in [-0.39, 0.29) is 11.2 Å². The number of benzene rings is 3. The monoisotopic (exact) mass is 462 g/mol. The lowest BCUT2D eigenvalue weighted by Gasteiger charge is -2.13. The first kappa shape index (κ1) is 22.4. The first-order chi connectivity index (χ1) is 16.1. The first-order valence-corrected chi connectivity index (χ1v) is 10.7. The second kappa shape index (κ2) is 10.2. The van der Waals surface area contributed by atoms with E-state index in [1.807, 2.05) is 42.5 Å². The summed E-state index contributed by atoms with van der Waals surface area (Å²) in [5.74, 6) is 1.43. The Bertz CT molecular complexity index is 1280. The number of rotatable bonds is 8. The van der Waals surface area contributed by atoms with Crippen LogP contribution in [0.2, 0.25) is 5.28 Å². The molecule has 0 saturated carbocycles. The first-order valence-electron chi connectivity index (χ1n) is 10.4. The molecule has 3 aromatic carbocycles. The lowest BCUT2D eigenvalue weighted by Crippen LogP contribution is -2.25. The molecular weight excluding hydrogens is 440 g/mol. The van der Waals surface area contributed by atoms with Gasteiger partial charge < -0.3 is 20.1 Å². The van der Waals surface area contributed by atoms with Gasteiger partial charge in [0.25, 0.3) is 5.91 Å². The van der Waals surface area contributed by atoms with Crippen molar-refractivity contribution in [3.8, 4) is 11.5 Å². The number of nitrogens with zero attached hydrogens (tertiary/aromatic N) is 2. The van der Waals surface area contributed by atoms with Gasteiger partial charge in [0.15, 0.2) is 11.5 Å². The summed E-state index contributed by atoms with van der Waals surface area (Å²) < 4.78 is 10.8. The highest BCUT2D eigenvalue weighted by molar-refractivity contribution is 6.28. The Hall–Kier alpha value is -3.84. The molecule has 1 amide bonds. The molecule has 0 radical (unpaired) electrons. The summed E-state index contributed by atoms with van der Waals surface area (Å²) in [6.45, 7) is 0.550. The summed E-state index contributed by atoms with van der Waals surface area (Å²) in [6.07, 6.45) is 0.765. The lowest BCUT2D eigenvalue weighted by atomic mass is 10.1.